The summed E-state index contributed by atoms with van der Waals surface area (Å²) in [5.41, 5.74) is -1.22. The van der Waals surface area contributed by atoms with Crippen LogP contribution in [0.1, 0.15) is 37.2 Å². The molecule has 1 rings (SSSR count). The van der Waals surface area contributed by atoms with Crippen LogP contribution in [0.3, 0.4) is 0 Å². The van der Waals surface area contributed by atoms with Crippen LogP contribution in [0.15, 0.2) is 23.0 Å². The van der Waals surface area contributed by atoms with Gasteiger partial charge < -0.3 is 15.4 Å². The van der Waals surface area contributed by atoms with Crippen LogP contribution >= 0.6 is 0 Å². The molecule has 0 saturated heterocycles. The third-order valence-corrected chi connectivity index (χ3v) is 3.41. The average molecular weight is 266 g/mol. The van der Waals surface area contributed by atoms with Gasteiger partial charge in [-0.1, -0.05) is 19.9 Å². The second kappa shape index (κ2) is 6.17. The van der Waals surface area contributed by atoms with Crippen LogP contribution in [0.2, 0.25) is 0 Å². The third-order valence-electron chi connectivity index (χ3n) is 3.41. The van der Waals surface area contributed by atoms with Gasteiger partial charge in [-0.25, -0.2) is 0 Å². The molecule has 0 aliphatic heterocycles. The molecule has 0 aliphatic carbocycles. The quantitative estimate of drug-likeness (QED) is 0.715. The standard InChI is InChI=1S/C13H18N2O4/c1-3-13(4-2,12(18)19)8-14-11(17)9-6-5-7-10(16)15-9/h5-7H,3-4,8H2,1-2H3,(H,14,17)(H,15,16)(H,18,19). The summed E-state index contributed by atoms with van der Waals surface area (Å²) in [4.78, 5) is 36.6. The molecule has 6 nitrogen and oxygen atoms in total. The van der Waals surface area contributed by atoms with Crippen molar-refractivity contribution in [2.75, 3.05) is 6.54 Å². The minimum absolute atomic E-state index is 0.0328. The Bertz CT molecular complexity index is 517. The first-order chi connectivity index (χ1) is 8.95. The molecule has 1 amide bonds. The second-order valence-corrected chi connectivity index (χ2v) is 4.40. The van der Waals surface area contributed by atoms with E-state index in [-0.39, 0.29) is 17.8 Å². The number of carboxylic acids is 1. The number of pyridine rings is 1. The molecule has 3 N–H and O–H groups in total. The fourth-order valence-electron chi connectivity index (χ4n) is 1.80. The molecule has 1 aromatic heterocycles. The van der Waals surface area contributed by atoms with Crippen molar-refractivity contribution < 1.29 is 14.7 Å². The zero-order valence-corrected chi connectivity index (χ0v) is 11.0. The first-order valence-electron chi connectivity index (χ1n) is 6.16. The van der Waals surface area contributed by atoms with E-state index >= 15 is 0 Å². The Labute approximate surface area is 110 Å². The summed E-state index contributed by atoms with van der Waals surface area (Å²) in [5, 5.41) is 11.8. The zero-order chi connectivity index (χ0) is 14.5. The number of hydrogen-bond acceptors (Lipinski definition) is 3. The van der Waals surface area contributed by atoms with Crippen molar-refractivity contribution in [1.82, 2.24) is 10.3 Å². The van der Waals surface area contributed by atoms with Crippen LogP contribution < -0.4 is 10.9 Å². The summed E-state index contributed by atoms with van der Waals surface area (Å²) < 4.78 is 0. The van der Waals surface area contributed by atoms with E-state index in [2.05, 4.69) is 10.3 Å². The molecule has 1 heterocycles. The van der Waals surface area contributed by atoms with Gasteiger partial charge in [-0.05, 0) is 18.9 Å². The smallest absolute Gasteiger partial charge is 0.311 e. The number of hydrogen-bond donors (Lipinski definition) is 3. The van der Waals surface area contributed by atoms with Crippen molar-refractivity contribution in [2.45, 2.75) is 26.7 Å². The fraction of sp³-hybridized carbons (Fsp3) is 0.462. The number of carbonyl (C=O) groups excluding carboxylic acids is 1. The molecule has 0 radical (unpaired) electrons. The Kier molecular flexibility index (Phi) is 4.86. The lowest BCUT2D eigenvalue weighted by molar-refractivity contribution is -0.149. The number of aromatic amines is 1. The SMILES string of the molecule is CCC(CC)(CNC(=O)c1cccc(=O)[nH]1)C(=O)O. The van der Waals surface area contributed by atoms with E-state index in [0.717, 1.165) is 0 Å². The molecule has 0 unspecified atom stereocenters. The van der Waals surface area contributed by atoms with Crippen molar-refractivity contribution >= 4 is 11.9 Å². The molecule has 0 atom stereocenters. The van der Waals surface area contributed by atoms with Gasteiger partial charge in [0.15, 0.2) is 0 Å². The van der Waals surface area contributed by atoms with E-state index in [4.69, 9.17) is 0 Å². The van der Waals surface area contributed by atoms with Crippen molar-refractivity contribution in [1.29, 1.82) is 0 Å². The lowest BCUT2D eigenvalue weighted by Crippen LogP contribution is -2.42. The molecule has 19 heavy (non-hydrogen) atoms. The fourth-order valence-corrected chi connectivity index (χ4v) is 1.80. The highest BCUT2D eigenvalue weighted by Crippen LogP contribution is 2.25. The lowest BCUT2D eigenvalue weighted by atomic mass is 9.82. The topological polar surface area (TPSA) is 99.3 Å². The number of carbonyl (C=O) groups is 2. The van der Waals surface area contributed by atoms with Crippen LogP contribution in [-0.2, 0) is 4.79 Å². The predicted octanol–water partition coefficient (Wildman–Crippen LogP) is 0.996. The maximum atomic E-state index is 11.8. The second-order valence-electron chi connectivity index (χ2n) is 4.40. The molecule has 104 valence electrons. The van der Waals surface area contributed by atoms with Crippen LogP contribution in [-0.4, -0.2) is 28.5 Å². The minimum Gasteiger partial charge on any atom is -0.481 e. The van der Waals surface area contributed by atoms with E-state index in [1.165, 1.54) is 18.2 Å². The molecule has 6 heteroatoms. The van der Waals surface area contributed by atoms with Gasteiger partial charge in [-0.2, -0.15) is 0 Å². The van der Waals surface area contributed by atoms with E-state index < -0.39 is 17.3 Å². The molecule has 0 spiro atoms. The number of amides is 1. The maximum Gasteiger partial charge on any atom is 0.311 e. The van der Waals surface area contributed by atoms with Gasteiger partial charge >= 0.3 is 5.97 Å². The summed E-state index contributed by atoms with van der Waals surface area (Å²) in [6.07, 6.45) is 0.842. The predicted molar refractivity (Wildman–Crippen MR) is 70.0 cm³/mol. The Morgan fingerprint density at radius 3 is 2.42 bits per heavy atom. The summed E-state index contributed by atoms with van der Waals surface area (Å²) in [7, 11) is 0. The van der Waals surface area contributed by atoms with Crippen molar-refractivity contribution in [3.8, 4) is 0 Å². The van der Waals surface area contributed by atoms with Crippen molar-refractivity contribution in [3.63, 3.8) is 0 Å². The van der Waals surface area contributed by atoms with Gasteiger partial charge in [0.25, 0.3) is 5.91 Å². The minimum atomic E-state index is -0.968. The number of carboxylic acid groups (broad SMARTS) is 1. The number of rotatable bonds is 6. The lowest BCUT2D eigenvalue weighted by Gasteiger charge is -2.26. The van der Waals surface area contributed by atoms with E-state index in [1.54, 1.807) is 13.8 Å². The average Bonchev–Trinajstić information content (AvgIpc) is 2.40. The highest BCUT2D eigenvalue weighted by Gasteiger charge is 2.35. The Balaban J connectivity index is 2.78. The van der Waals surface area contributed by atoms with Crippen LogP contribution in [0.25, 0.3) is 0 Å². The van der Waals surface area contributed by atoms with E-state index in [9.17, 15) is 19.5 Å². The highest BCUT2D eigenvalue weighted by atomic mass is 16.4. The van der Waals surface area contributed by atoms with Gasteiger partial charge in [0.05, 0.1) is 5.41 Å². The van der Waals surface area contributed by atoms with Gasteiger partial charge in [-0.3, -0.25) is 14.4 Å². The first kappa shape index (κ1) is 14.9. The van der Waals surface area contributed by atoms with Gasteiger partial charge in [0.1, 0.15) is 5.69 Å². The van der Waals surface area contributed by atoms with Gasteiger partial charge in [-0.15, -0.1) is 0 Å². The number of nitrogens with one attached hydrogen (secondary N) is 2. The van der Waals surface area contributed by atoms with Gasteiger partial charge in [0.2, 0.25) is 5.56 Å². The van der Waals surface area contributed by atoms with Crippen molar-refractivity contribution in [3.05, 3.63) is 34.2 Å². The molecule has 0 aromatic carbocycles. The summed E-state index contributed by atoms with van der Waals surface area (Å²) in [5.74, 6) is -1.41. The monoisotopic (exact) mass is 266 g/mol. The Morgan fingerprint density at radius 1 is 1.32 bits per heavy atom. The van der Waals surface area contributed by atoms with E-state index in [1.807, 2.05) is 0 Å². The largest absolute Gasteiger partial charge is 0.481 e. The van der Waals surface area contributed by atoms with Crippen LogP contribution in [0.4, 0.5) is 0 Å². The molecular weight excluding hydrogens is 248 g/mol. The van der Waals surface area contributed by atoms with Crippen molar-refractivity contribution in [2.24, 2.45) is 5.41 Å². The Hall–Kier alpha value is -2.11. The number of aliphatic carboxylic acids is 1. The maximum absolute atomic E-state index is 11.8. The van der Waals surface area contributed by atoms with Crippen LogP contribution in [0, 0.1) is 5.41 Å². The molecule has 0 saturated carbocycles. The Morgan fingerprint density at radius 2 is 1.95 bits per heavy atom. The summed E-state index contributed by atoms with van der Waals surface area (Å²) in [6.45, 7) is 3.58. The summed E-state index contributed by atoms with van der Waals surface area (Å²) in [6, 6.07) is 4.24. The normalized spacial score (nSPS) is 11.1. The third kappa shape index (κ3) is 3.43. The number of aromatic nitrogens is 1. The molecule has 0 bridgehead atoms. The molecule has 1 aromatic rings. The first-order valence-corrected chi connectivity index (χ1v) is 6.16. The zero-order valence-electron chi connectivity index (χ0n) is 11.0. The molecule has 0 fully saturated rings. The molecular formula is C13H18N2O4. The molecule has 0 aliphatic rings. The van der Waals surface area contributed by atoms with Gasteiger partial charge in [0, 0.05) is 12.6 Å². The van der Waals surface area contributed by atoms with E-state index in [0.29, 0.717) is 12.8 Å². The van der Waals surface area contributed by atoms with Crippen LogP contribution in [0.5, 0.6) is 0 Å². The number of H-pyrrole nitrogens is 1. The summed E-state index contributed by atoms with van der Waals surface area (Å²) >= 11 is 0. The highest BCUT2D eigenvalue weighted by molar-refractivity contribution is 5.92.